The molecule has 0 aliphatic carbocycles. The van der Waals surface area contributed by atoms with Crippen LogP contribution >= 0.6 is 35.4 Å². The zero-order valence-electron chi connectivity index (χ0n) is 10.3. The summed E-state index contributed by atoms with van der Waals surface area (Å²) in [5.41, 5.74) is 0.173. The van der Waals surface area contributed by atoms with Gasteiger partial charge < -0.3 is 10.6 Å². The average molecular weight is 305 g/mol. The molecule has 0 bridgehead atoms. The van der Waals surface area contributed by atoms with Crippen LogP contribution in [0.3, 0.4) is 0 Å². The molecule has 0 spiro atoms. The Kier molecular flexibility index (Phi) is 4.96. The molecule has 98 valence electrons. The van der Waals surface area contributed by atoms with E-state index in [4.69, 9.17) is 35.4 Å². The molecule has 0 aliphatic heterocycles. The third-order valence-corrected chi connectivity index (χ3v) is 3.03. The molecule has 0 radical (unpaired) electrons. The van der Waals surface area contributed by atoms with Gasteiger partial charge in [-0.2, -0.15) is 0 Å². The average Bonchev–Trinajstić information content (AvgIpc) is 2.22. The van der Waals surface area contributed by atoms with Crippen LogP contribution in [0.25, 0.3) is 0 Å². The van der Waals surface area contributed by atoms with Gasteiger partial charge in [0.25, 0.3) is 0 Å². The van der Waals surface area contributed by atoms with Crippen molar-refractivity contribution in [1.82, 2.24) is 5.32 Å². The monoisotopic (exact) mass is 304 g/mol. The number of halogens is 2. The number of nitrogens with one attached hydrogen (secondary N) is 2. The van der Waals surface area contributed by atoms with Crippen LogP contribution in [0.5, 0.6) is 0 Å². The van der Waals surface area contributed by atoms with Crippen LogP contribution in [-0.2, 0) is 4.79 Å². The van der Waals surface area contributed by atoms with Crippen LogP contribution in [0, 0.1) is 5.41 Å². The fraction of sp³-hybridized carbons (Fsp3) is 0.333. The summed E-state index contributed by atoms with van der Waals surface area (Å²) in [7, 11) is 0. The van der Waals surface area contributed by atoms with E-state index in [0.717, 1.165) is 0 Å². The van der Waals surface area contributed by atoms with Gasteiger partial charge in [0.1, 0.15) is 0 Å². The summed E-state index contributed by atoms with van der Waals surface area (Å²) in [6, 6.07) is 5.02. The van der Waals surface area contributed by atoms with Gasteiger partial charge in [0.15, 0.2) is 5.11 Å². The number of amides is 1. The standard InChI is InChI=1S/C12H14Cl2N2OS/c1-12(2,3)10(17)16-11(18)15-7-4-5-8(13)9(14)6-7/h4-6H,1-3H3,(H2,15,16,17,18). The minimum absolute atomic E-state index is 0.153. The summed E-state index contributed by atoms with van der Waals surface area (Å²) in [6.07, 6.45) is 0. The zero-order valence-corrected chi connectivity index (χ0v) is 12.6. The molecule has 0 unspecified atom stereocenters. The van der Waals surface area contributed by atoms with Crippen molar-refractivity contribution in [2.24, 2.45) is 5.41 Å². The molecule has 1 aromatic carbocycles. The van der Waals surface area contributed by atoms with Gasteiger partial charge in [-0.3, -0.25) is 4.79 Å². The Hall–Kier alpha value is -0.840. The predicted molar refractivity (Wildman–Crippen MR) is 80.3 cm³/mol. The topological polar surface area (TPSA) is 41.1 Å². The fourth-order valence-electron chi connectivity index (χ4n) is 1.03. The maximum absolute atomic E-state index is 11.7. The van der Waals surface area contributed by atoms with Crippen LogP contribution < -0.4 is 10.6 Å². The highest BCUT2D eigenvalue weighted by molar-refractivity contribution is 7.80. The molecule has 0 atom stereocenters. The molecular weight excluding hydrogens is 291 g/mol. The lowest BCUT2D eigenvalue weighted by atomic mass is 9.96. The van der Waals surface area contributed by atoms with E-state index in [1.165, 1.54) is 0 Å². The van der Waals surface area contributed by atoms with Gasteiger partial charge in [-0.1, -0.05) is 44.0 Å². The van der Waals surface area contributed by atoms with Crippen molar-refractivity contribution in [3.8, 4) is 0 Å². The molecule has 0 saturated heterocycles. The molecule has 1 rings (SSSR count). The van der Waals surface area contributed by atoms with E-state index in [1.807, 2.05) is 20.8 Å². The van der Waals surface area contributed by atoms with E-state index >= 15 is 0 Å². The second-order valence-corrected chi connectivity index (χ2v) is 6.01. The number of carbonyl (C=O) groups excluding carboxylic acids is 1. The molecule has 0 aromatic heterocycles. The van der Waals surface area contributed by atoms with E-state index < -0.39 is 5.41 Å². The maximum Gasteiger partial charge on any atom is 0.231 e. The van der Waals surface area contributed by atoms with E-state index in [1.54, 1.807) is 18.2 Å². The number of hydrogen-bond donors (Lipinski definition) is 2. The lowest BCUT2D eigenvalue weighted by Crippen LogP contribution is -2.41. The van der Waals surface area contributed by atoms with Gasteiger partial charge in [0, 0.05) is 11.1 Å². The van der Waals surface area contributed by atoms with Crippen molar-refractivity contribution in [2.75, 3.05) is 5.32 Å². The summed E-state index contributed by atoms with van der Waals surface area (Å²) >= 11 is 16.7. The smallest absolute Gasteiger partial charge is 0.231 e. The number of rotatable bonds is 1. The van der Waals surface area contributed by atoms with Crippen LogP contribution in [-0.4, -0.2) is 11.0 Å². The lowest BCUT2D eigenvalue weighted by molar-refractivity contribution is -0.126. The van der Waals surface area contributed by atoms with Crippen LogP contribution in [0.15, 0.2) is 18.2 Å². The van der Waals surface area contributed by atoms with E-state index in [-0.39, 0.29) is 11.0 Å². The molecule has 0 saturated carbocycles. The fourth-order valence-corrected chi connectivity index (χ4v) is 1.54. The van der Waals surface area contributed by atoms with Gasteiger partial charge in [-0.15, -0.1) is 0 Å². The third kappa shape index (κ3) is 4.44. The molecule has 3 nitrogen and oxygen atoms in total. The Morgan fingerprint density at radius 3 is 2.33 bits per heavy atom. The van der Waals surface area contributed by atoms with Crippen molar-refractivity contribution in [2.45, 2.75) is 20.8 Å². The summed E-state index contributed by atoms with van der Waals surface area (Å²) in [6.45, 7) is 5.43. The van der Waals surface area contributed by atoms with Gasteiger partial charge >= 0.3 is 0 Å². The highest BCUT2D eigenvalue weighted by Gasteiger charge is 2.21. The predicted octanol–water partition coefficient (Wildman–Crippen LogP) is 3.85. The highest BCUT2D eigenvalue weighted by atomic mass is 35.5. The Bertz CT molecular complexity index is 483. The van der Waals surface area contributed by atoms with Crippen molar-refractivity contribution in [3.63, 3.8) is 0 Å². The van der Waals surface area contributed by atoms with Crippen LogP contribution in [0.1, 0.15) is 20.8 Å². The number of thiocarbonyl (C=S) groups is 1. The molecule has 6 heteroatoms. The Balaban J connectivity index is 2.65. The Labute approximate surface area is 122 Å². The Morgan fingerprint density at radius 1 is 1.22 bits per heavy atom. The molecule has 0 fully saturated rings. The van der Waals surface area contributed by atoms with Crippen molar-refractivity contribution in [3.05, 3.63) is 28.2 Å². The molecule has 18 heavy (non-hydrogen) atoms. The van der Waals surface area contributed by atoms with Crippen LogP contribution in [0.2, 0.25) is 10.0 Å². The first kappa shape index (κ1) is 15.2. The van der Waals surface area contributed by atoms with Gasteiger partial charge in [-0.05, 0) is 30.4 Å². The van der Waals surface area contributed by atoms with Crippen molar-refractivity contribution >= 4 is 52.1 Å². The lowest BCUT2D eigenvalue weighted by Gasteiger charge is -2.18. The molecule has 0 aliphatic rings. The number of hydrogen-bond acceptors (Lipinski definition) is 2. The second-order valence-electron chi connectivity index (χ2n) is 4.79. The summed E-state index contributed by atoms with van der Waals surface area (Å²) < 4.78 is 0. The number of benzene rings is 1. The van der Waals surface area contributed by atoms with E-state index in [0.29, 0.717) is 15.7 Å². The molecule has 2 N–H and O–H groups in total. The normalized spacial score (nSPS) is 10.9. The molecular formula is C12H14Cl2N2OS. The second kappa shape index (κ2) is 5.87. The molecule has 1 amide bonds. The van der Waals surface area contributed by atoms with Crippen molar-refractivity contribution in [1.29, 1.82) is 0 Å². The summed E-state index contributed by atoms with van der Waals surface area (Å²) in [5.74, 6) is -0.153. The maximum atomic E-state index is 11.7. The molecule has 1 aromatic rings. The summed E-state index contributed by atoms with van der Waals surface area (Å²) in [4.78, 5) is 11.7. The highest BCUT2D eigenvalue weighted by Crippen LogP contribution is 2.25. The third-order valence-electron chi connectivity index (χ3n) is 2.09. The molecule has 0 heterocycles. The quantitative estimate of drug-likeness (QED) is 0.774. The SMILES string of the molecule is CC(C)(C)C(=O)NC(=S)Nc1ccc(Cl)c(Cl)c1. The Morgan fingerprint density at radius 2 is 1.83 bits per heavy atom. The van der Waals surface area contributed by atoms with Gasteiger partial charge in [0.2, 0.25) is 5.91 Å². The van der Waals surface area contributed by atoms with Gasteiger partial charge in [0.05, 0.1) is 10.0 Å². The van der Waals surface area contributed by atoms with E-state index in [9.17, 15) is 4.79 Å². The van der Waals surface area contributed by atoms with Gasteiger partial charge in [-0.25, -0.2) is 0 Å². The number of carbonyl (C=O) groups is 1. The number of anilines is 1. The van der Waals surface area contributed by atoms with Crippen LogP contribution in [0.4, 0.5) is 5.69 Å². The minimum Gasteiger partial charge on any atom is -0.332 e. The largest absolute Gasteiger partial charge is 0.332 e. The zero-order chi connectivity index (χ0) is 13.9. The first-order valence-corrected chi connectivity index (χ1v) is 6.44. The first-order chi connectivity index (χ1) is 8.20. The van der Waals surface area contributed by atoms with Crippen molar-refractivity contribution < 1.29 is 4.79 Å². The van der Waals surface area contributed by atoms with E-state index in [2.05, 4.69) is 10.6 Å². The first-order valence-electron chi connectivity index (χ1n) is 5.27. The minimum atomic E-state index is -0.497. The summed E-state index contributed by atoms with van der Waals surface area (Å²) in [5, 5.41) is 6.59.